The van der Waals surface area contributed by atoms with Crippen LogP contribution in [0.2, 0.25) is 5.02 Å². The zero-order valence-electron chi connectivity index (χ0n) is 9.24. The fraction of sp³-hybridized carbons (Fsp3) is 0.200. The molecule has 0 saturated carbocycles. The third kappa shape index (κ3) is 3.34. The van der Waals surface area contributed by atoms with Gasteiger partial charge in [0.2, 0.25) is 0 Å². The number of rotatable bonds is 3. The van der Waals surface area contributed by atoms with E-state index in [-0.39, 0.29) is 17.5 Å². The maximum atomic E-state index is 12.3. The Bertz CT molecular complexity index is 588. The van der Waals surface area contributed by atoms with E-state index in [4.69, 9.17) is 22.1 Å². The van der Waals surface area contributed by atoms with E-state index in [1.54, 1.807) is 12.1 Å². The van der Waals surface area contributed by atoms with Crippen LogP contribution in [-0.4, -0.2) is 9.36 Å². The lowest BCUT2D eigenvalue weighted by Crippen LogP contribution is -2.07. The second kappa shape index (κ2) is 5.32. The van der Waals surface area contributed by atoms with Gasteiger partial charge in [0.15, 0.2) is 0 Å². The van der Waals surface area contributed by atoms with Crippen LogP contribution >= 0.6 is 23.1 Å². The SMILES string of the molecule is NCc1ccc(Cl)cc1Oc1nc(C(F)(F)F)ns1. The van der Waals surface area contributed by atoms with Crippen LogP contribution < -0.4 is 10.5 Å². The predicted molar refractivity (Wildman–Crippen MR) is 64.3 cm³/mol. The number of hydrogen-bond donors (Lipinski definition) is 1. The van der Waals surface area contributed by atoms with Crippen LogP contribution in [0.25, 0.3) is 0 Å². The second-order valence-corrected chi connectivity index (χ2v) is 4.59. The third-order valence-electron chi connectivity index (χ3n) is 2.11. The van der Waals surface area contributed by atoms with E-state index in [1.807, 2.05) is 0 Å². The molecule has 0 amide bonds. The average molecular weight is 310 g/mol. The maximum absolute atomic E-state index is 12.3. The van der Waals surface area contributed by atoms with Gasteiger partial charge in [-0.05, 0) is 12.1 Å². The molecule has 19 heavy (non-hydrogen) atoms. The highest BCUT2D eigenvalue weighted by Gasteiger charge is 2.36. The van der Waals surface area contributed by atoms with Crippen LogP contribution in [0.1, 0.15) is 11.4 Å². The number of nitrogens with zero attached hydrogens (tertiary/aromatic N) is 2. The number of alkyl halides is 3. The van der Waals surface area contributed by atoms with Gasteiger partial charge in [0.25, 0.3) is 11.0 Å². The van der Waals surface area contributed by atoms with Crippen molar-refractivity contribution in [2.24, 2.45) is 5.73 Å². The third-order valence-corrected chi connectivity index (χ3v) is 2.94. The van der Waals surface area contributed by atoms with Crippen molar-refractivity contribution in [1.82, 2.24) is 9.36 Å². The molecule has 0 aliphatic heterocycles. The molecule has 1 aromatic heterocycles. The van der Waals surface area contributed by atoms with Crippen molar-refractivity contribution >= 4 is 23.1 Å². The lowest BCUT2D eigenvalue weighted by atomic mass is 10.2. The van der Waals surface area contributed by atoms with Gasteiger partial charge in [0.05, 0.1) is 0 Å². The Balaban J connectivity index is 2.26. The van der Waals surface area contributed by atoms with Crippen molar-refractivity contribution in [2.45, 2.75) is 12.7 Å². The summed E-state index contributed by atoms with van der Waals surface area (Å²) in [7, 11) is 0. The van der Waals surface area contributed by atoms with Crippen LogP contribution in [0, 0.1) is 0 Å². The quantitative estimate of drug-likeness (QED) is 0.943. The first-order chi connectivity index (χ1) is 8.90. The van der Waals surface area contributed by atoms with E-state index in [0.717, 1.165) is 0 Å². The Morgan fingerprint density at radius 2 is 2.11 bits per heavy atom. The zero-order valence-corrected chi connectivity index (χ0v) is 10.8. The molecule has 2 N–H and O–H groups in total. The van der Waals surface area contributed by atoms with Gasteiger partial charge in [-0.25, -0.2) is 0 Å². The van der Waals surface area contributed by atoms with Crippen LogP contribution in [-0.2, 0) is 12.7 Å². The summed E-state index contributed by atoms with van der Waals surface area (Å²) in [4.78, 5) is 3.26. The van der Waals surface area contributed by atoms with Crippen molar-refractivity contribution in [3.8, 4) is 10.9 Å². The van der Waals surface area contributed by atoms with Crippen molar-refractivity contribution in [3.05, 3.63) is 34.6 Å². The van der Waals surface area contributed by atoms with Gasteiger partial charge in [-0.3, -0.25) is 0 Å². The van der Waals surface area contributed by atoms with E-state index >= 15 is 0 Å². The Labute approximate surface area is 115 Å². The van der Waals surface area contributed by atoms with Crippen molar-refractivity contribution < 1.29 is 17.9 Å². The summed E-state index contributed by atoms with van der Waals surface area (Å²) < 4.78 is 45.4. The highest BCUT2D eigenvalue weighted by molar-refractivity contribution is 7.07. The number of benzene rings is 1. The van der Waals surface area contributed by atoms with Gasteiger partial charge < -0.3 is 10.5 Å². The van der Waals surface area contributed by atoms with Gasteiger partial charge in [-0.15, -0.1) is 0 Å². The average Bonchev–Trinajstić information content (AvgIpc) is 2.77. The zero-order chi connectivity index (χ0) is 14.0. The number of halogens is 4. The summed E-state index contributed by atoms with van der Waals surface area (Å²) in [5.74, 6) is -0.969. The Morgan fingerprint density at radius 1 is 1.37 bits per heavy atom. The molecule has 4 nitrogen and oxygen atoms in total. The Hall–Kier alpha value is -1.38. The van der Waals surface area contributed by atoms with Crippen LogP contribution in [0.15, 0.2) is 18.2 Å². The minimum absolute atomic E-state index is 0.164. The first kappa shape index (κ1) is 14.0. The molecule has 0 fully saturated rings. The van der Waals surface area contributed by atoms with Crippen molar-refractivity contribution in [3.63, 3.8) is 0 Å². The molecule has 0 aliphatic rings. The van der Waals surface area contributed by atoms with E-state index in [2.05, 4.69) is 9.36 Å². The largest absolute Gasteiger partial charge is 0.452 e. The number of hydrogen-bond acceptors (Lipinski definition) is 5. The molecule has 0 bridgehead atoms. The minimum Gasteiger partial charge on any atom is -0.429 e. The summed E-state index contributed by atoms with van der Waals surface area (Å²) in [6, 6.07) is 4.69. The molecule has 0 unspecified atom stereocenters. The monoisotopic (exact) mass is 309 g/mol. The normalized spacial score (nSPS) is 11.6. The molecule has 102 valence electrons. The number of nitrogens with two attached hydrogens (primary N) is 1. The topological polar surface area (TPSA) is 61.0 Å². The maximum Gasteiger partial charge on any atom is 0.452 e. The molecule has 2 aromatic rings. The van der Waals surface area contributed by atoms with Crippen molar-refractivity contribution in [1.29, 1.82) is 0 Å². The van der Waals surface area contributed by atoms with E-state index in [9.17, 15) is 13.2 Å². The number of ether oxygens (including phenoxy) is 1. The molecule has 0 radical (unpaired) electrons. The summed E-state index contributed by atoms with van der Waals surface area (Å²) in [5.41, 5.74) is 6.10. The van der Waals surface area contributed by atoms with E-state index in [1.165, 1.54) is 6.07 Å². The molecule has 0 saturated heterocycles. The summed E-state index contributed by atoms with van der Waals surface area (Å²) >= 11 is 6.29. The fourth-order valence-electron chi connectivity index (χ4n) is 1.25. The minimum atomic E-state index is -4.59. The molecule has 2 rings (SSSR count). The predicted octanol–water partition coefficient (Wildman–Crippen LogP) is 3.46. The smallest absolute Gasteiger partial charge is 0.429 e. The van der Waals surface area contributed by atoms with Crippen LogP contribution in [0.4, 0.5) is 13.2 Å². The van der Waals surface area contributed by atoms with E-state index in [0.29, 0.717) is 22.1 Å². The fourth-order valence-corrected chi connectivity index (χ4v) is 1.98. The molecule has 0 spiro atoms. The van der Waals surface area contributed by atoms with E-state index < -0.39 is 12.0 Å². The van der Waals surface area contributed by atoms with Crippen LogP contribution in [0.3, 0.4) is 0 Å². The van der Waals surface area contributed by atoms with Gasteiger partial charge in [-0.1, -0.05) is 17.7 Å². The molecule has 9 heteroatoms. The summed E-state index contributed by atoms with van der Waals surface area (Å²) in [5, 5.41) is 0.164. The second-order valence-electron chi connectivity index (χ2n) is 3.44. The standard InChI is InChI=1S/C10H7ClF3N3OS/c11-6-2-1-5(4-15)7(3-6)18-9-16-8(17-19-9)10(12,13)14/h1-3H,4,15H2. The molecule has 1 aromatic carbocycles. The number of aromatic nitrogens is 2. The highest BCUT2D eigenvalue weighted by atomic mass is 35.5. The van der Waals surface area contributed by atoms with Gasteiger partial charge in [0.1, 0.15) is 5.75 Å². The van der Waals surface area contributed by atoms with Gasteiger partial charge >= 0.3 is 6.18 Å². The Kier molecular flexibility index (Phi) is 3.93. The lowest BCUT2D eigenvalue weighted by molar-refractivity contribution is -0.144. The lowest BCUT2D eigenvalue weighted by Gasteiger charge is -2.07. The molecule has 1 heterocycles. The summed E-state index contributed by atoms with van der Waals surface area (Å²) in [6.07, 6.45) is -4.59. The molecular weight excluding hydrogens is 303 g/mol. The molecular formula is C10H7ClF3N3OS. The first-order valence-corrected chi connectivity index (χ1v) is 6.12. The molecule has 0 atom stereocenters. The highest BCUT2D eigenvalue weighted by Crippen LogP contribution is 2.33. The van der Waals surface area contributed by atoms with Crippen LogP contribution in [0.5, 0.6) is 10.9 Å². The van der Waals surface area contributed by atoms with Gasteiger partial charge in [0, 0.05) is 28.7 Å². The molecule has 0 aliphatic carbocycles. The first-order valence-electron chi connectivity index (χ1n) is 4.97. The van der Waals surface area contributed by atoms with Crippen molar-refractivity contribution in [2.75, 3.05) is 0 Å². The Morgan fingerprint density at radius 3 is 2.68 bits per heavy atom. The summed E-state index contributed by atoms with van der Waals surface area (Å²) in [6.45, 7) is 0.164. The van der Waals surface area contributed by atoms with Gasteiger partial charge in [-0.2, -0.15) is 22.5 Å².